The van der Waals surface area contributed by atoms with Crippen LogP contribution in [-0.2, 0) is 0 Å². The second-order valence-corrected chi connectivity index (χ2v) is 5.30. The number of nitrogens with one attached hydrogen (secondary N) is 1. The number of anilines is 1. The third-order valence-corrected chi connectivity index (χ3v) is 3.50. The van der Waals surface area contributed by atoms with Gasteiger partial charge in [-0.05, 0) is 25.1 Å². The van der Waals surface area contributed by atoms with Gasteiger partial charge in [-0.15, -0.1) is 0 Å². The third-order valence-electron chi connectivity index (χ3n) is 3.21. The first-order valence-electron chi connectivity index (χ1n) is 6.76. The van der Waals surface area contributed by atoms with Crippen LogP contribution in [0.2, 0.25) is 5.02 Å². The van der Waals surface area contributed by atoms with Crippen molar-refractivity contribution >= 4 is 17.5 Å². The smallest absolute Gasteiger partial charge is 0.223 e. The summed E-state index contributed by atoms with van der Waals surface area (Å²) >= 11 is 5.78. The maximum atomic E-state index is 13.2. The number of hydrogen-bond acceptors (Lipinski definition) is 4. The van der Waals surface area contributed by atoms with Crippen LogP contribution in [0.25, 0.3) is 5.69 Å². The summed E-state index contributed by atoms with van der Waals surface area (Å²) in [5.41, 5.74) is 1.42. The molecule has 0 radical (unpaired) electrons. The number of aromatic nitrogens is 4. The normalized spacial score (nSPS) is 12.2. The van der Waals surface area contributed by atoms with E-state index in [2.05, 4.69) is 20.3 Å². The Morgan fingerprint density at radius 1 is 1.17 bits per heavy atom. The van der Waals surface area contributed by atoms with Crippen LogP contribution in [0.4, 0.5) is 14.7 Å². The molecule has 1 atom stereocenters. The van der Waals surface area contributed by atoms with E-state index in [-0.39, 0.29) is 11.1 Å². The van der Waals surface area contributed by atoms with E-state index in [9.17, 15) is 8.78 Å². The molecule has 3 aromatic rings. The molecule has 0 amide bonds. The van der Waals surface area contributed by atoms with Crippen LogP contribution in [-0.4, -0.2) is 19.5 Å². The van der Waals surface area contributed by atoms with Gasteiger partial charge in [0.2, 0.25) is 5.95 Å². The SMILES string of the molecule is C[C@H](Nc1ncc(F)cn1)c1cn(-c2ccc(F)c(Cl)c2)cn1. The fraction of sp³-hybridized carbons (Fsp3) is 0.133. The quantitative estimate of drug-likeness (QED) is 0.788. The van der Waals surface area contributed by atoms with Gasteiger partial charge in [0.25, 0.3) is 0 Å². The first kappa shape index (κ1) is 15.4. The summed E-state index contributed by atoms with van der Waals surface area (Å²) in [4.78, 5) is 12.0. The molecule has 23 heavy (non-hydrogen) atoms. The highest BCUT2D eigenvalue weighted by molar-refractivity contribution is 6.30. The van der Waals surface area contributed by atoms with Gasteiger partial charge >= 0.3 is 0 Å². The molecule has 0 saturated carbocycles. The van der Waals surface area contributed by atoms with E-state index in [1.54, 1.807) is 23.2 Å². The molecule has 5 nitrogen and oxygen atoms in total. The van der Waals surface area contributed by atoms with Crippen molar-refractivity contribution in [3.63, 3.8) is 0 Å². The van der Waals surface area contributed by atoms with E-state index in [0.717, 1.165) is 18.1 Å². The minimum atomic E-state index is -0.499. The molecule has 2 aromatic heterocycles. The molecule has 2 heterocycles. The molecule has 0 fully saturated rings. The van der Waals surface area contributed by atoms with Crippen molar-refractivity contribution in [3.05, 3.63) is 65.5 Å². The number of nitrogens with zero attached hydrogens (tertiary/aromatic N) is 4. The van der Waals surface area contributed by atoms with E-state index in [1.807, 2.05) is 6.92 Å². The molecule has 1 aromatic carbocycles. The van der Waals surface area contributed by atoms with Gasteiger partial charge in [-0.1, -0.05) is 11.6 Å². The highest BCUT2D eigenvalue weighted by Gasteiger charge is 2.11. The van der Waals surface area contributed by atoms with Crippen LogP contribution in [0.15, 0.2) is 43.1 Å². The molecule has 0 saturated heterocycles. The number of hydrogen-bond donors (Lipinski definition) is 1. The standard InChI is InChI=1S/C15H12ClF2N5/c1-9(22-15-19-5-10(17)6-20-15)14-7-23(8-21-14)11-2-3-13(18)12(16)4-11/h2-9H,1H3,(H,19,20,22)/t9-/m0/s1. The molecule has 118 valence electrons. The van der Waals surface area contributed by atoms with Crippen LogP contribution < -0.4 is 5.32 Å². The zero-order chi connectivity index (χ0) is 16.4. The summed E-state index contributed by atoms with van der Waals surface area (Å²) in [7, 11) is 0. The number of halogens is 3. The van der Waals surface area contributed by atoms with Gasteiger partial charge in [0.15, 0.2) is 5.82 Å². The van der Waals surface area contributed by atoms with Crippen molar-refractivity contribution < 1.29 is 8.78 Å². The summed E-state index contributed by atoms with van der Waals surface area (Å²) in [6.07, 6.45) is 5.55. The van der Waals surface area contributed by atoms with Gasteiger partial charge in [0.05, 0.1) is 35.5 Å². The molecular formula is C15H12ClF2N5. The molecular weight excluding hydrogens is 324 g/mol. The van der Waals surface area contributed by atoms with Gasteiger partial charge < -0.3 is 9.88 Å². The zero-order valence-corrected chi connectivity index (χ0v) is 12.8. The second kappa shape index (κ2) is 6.29. The van der Waals surface area contributed by atoms with Crippen LogP contribution in [0.3, 0.4) is 0 Å². The lowest BCUT2D eigenvalue weighted by Crippen LogP contribution is -2.09. The highest BCUT2D eigenvalue weighted by Crippen LogP contribution is 2.21. The fourth-order valence-corrected chi connectivity index (χ4v) is 2.18. The second-order valence-electron chi connectivity index (χ2n) is 4.90. The lowest BCUT2D eigenvalue weighted by Gasteiger charge is -2.10. The molecule has 0 aliphatic carbocycles. The Balaban J connectivity index is 1.77. The maximum absolute atomic E-state index is 13.2. The van der Waals surface area contributed by atoms with Crippen molar-refractivity contribution in [2.24, 2.45) is 0 Å². The van der Waals surface area contributed by atoms with Crippen molar-refractivity contribution in [3.8, 4) is 5.69 Å². The molecule has 3 rings (SSSR count). The number of rotatable bonds is 4. The van der Waals surface area contributed by atoms with Gasteiger partial charge in [-0.25, -0.2) is 23.7 Å². The molecule has 1 N–H and O–H groups in total. The summed E-state index contributed by atoms with van der Waals surface area (Å²) in [5, 5.41) is 3.06. The van der Waals surface area contributed by atoms with Crippen molar-refractivity contribution in [2.75, 3.05) is 5.32 Å². The van der Waals surface area contributed by atoms with Gasteiger partial charge in [-0.3, -0.25) is 0 Å². The van der Waals surface area contributed by atoms with E-state index in [1.165, 1.54) is 12.1 Å². The Morgan fingerprint density at radius 3 is 2.61 bits per heavy atom. The Labute approximate surface area is 136 Å². The van der Waals surface area contributed by atoms with Crippen LogP contribution in [0, 0.1) is 11.6 Å². The molecule has 0 spiro atoms. The molecule has 8 heteroatoms. The van der Waals surface area contributed by atoms with Gasteiger partial charge in [-0.2, -0.15) is 0 Å². The number of imidazole rings is 1. The maximum Gasteiger partial charge on any atom is 0.223 e. The fourth-order valence-electron chi connectivity index (χ4n) is 2.00. The zero-order valence-electron chi connectivity index (χ0n) is 12.0. The van der Waals surface area contributed by atoms with E-state index < -0.39 is 11.6 Å². The Kier molecular flexibility index (Phi) is 4.20. The van der Waals surface area contributed by atoms with E-state index in [0.29, 0.717) is 11.6 Å². The van der Waals surface area contributed by atoms with Gasteiger partial charge in [0, 0.05) is 11.9 Å². The largest absolute Gasteiger partial charge is 0.346 e. The Bertz CT molecular complexity index is 819. The minimum absolute atomic E-state index is 0.0450. The lowest BCUT2D eigenvalue weighted by atomic mass is 10.2. The van der Waals surface area contributed by atoms with E-state index >= 15 is 0 Å². The summed E-state index contributed by atoms with van der Waals surface area (Å²) < 4.78 is 27.7. The third kappa shape index (κ3) is 3.45. The summed E-state index contributed by atoms with van der Waals surface area (Å²) in [6.45, 7) is 1.87. The topological polar surface area (TPSA) is 55.6 Å². The van der Waals surface area contributed by atoms with Gasteiger partial charge in [0.1, 0.15) is 5.82 Å². The molecule has 0 aliphatic heterocycles. The average Bonchev–Trinajstić information content (AvgIpc) is 3.02. The molecule has 0 unspecified atom stereocenters. The Morgan fingerprint density at radius 2 is 1.91 bits per heavy atom. The highest BCUT2D eigenvalue weighted by atomic mass is 35.5. The monoisotopic (exact) mass is 335 g/mol. The molecule has 0 bridgehead atoms. The van der Waals surface area contributed by atoms with Crippen LogP contribution in [0.5, 0.6) is 0 Å². The summed E-state index contributed by atoms with van der Waals surface area (Å²) in [5.74, 6) is -0.668. The first-order chi connectivity index (χ1) is 11.0. The Hall–Kier alpha value is -2.54. The molecule has 0 aliphatic rings. The van der Waals surface area contributed by atoms with Crippen LogP contribution in [0.1, 0.15) is 18.7 Å². The summed E-state index contributed by atoms with van der Waals surface area (Å²) in [6, 6.07) is 4.22. The predicted octanol–water partition coefficient (Wildman–Crippen LogP) is 3.77. The van der Waals surface area contributed by atoms with Crippen molar-refractivity contribution in [2.45, 2.75) is 13.0 Å². The number of benzene rings is 1. The average molecular weight is 336 g/mol. The minimum Gasteiger partial charge on any atom is -0.346 e. The van der Waals surface area contributed by atoms with Crippen molar-refractivity contribution in [1.82, 2.24) is 19.5 Å². The van der Waals surface area contributed by atoms with Crippen LogP contribution >= 0.6 is 11.6 Å². The first-order valence-corrected chi connectivity index (χ1v) is 7.14. The van der Waals surface area contributed by atoms with Crippen molar-refractivity contribution in [1.29, 1.82) is 0 Å². The predicted molar refractivity (Wildman–Crippen MR) is 82.6 cm³/mol. The van der Waals surface area contributed by atoms with E-state index in [4.69, 9.17) is 11.6 Å². The lowest BCUT2D eigenvalue weighted by molar-refractivity contribution is 0.613.